The maximum atomic E-state index is 12.9. The van der Waals surface area contributed by atoms with Gasteiger partial charge < -0.3 is 15.0 Å². The lowest BCUT2D eigenvalue weighted by atomic mass is 9.87. The SMILES string of the molecule is C=C1CCC(N2Cc3cc(O[C@@H]4CCCC[C@@H]4N4CC(C)C4)ccc3C2=O)C(=O)N1. The molecule has 3 fully saturated rings. The van der Waals surface area contributed by atoms with Crippen molar-refractivity contribution in [2.45, 2.75) is 70.2 Å². The number of allylic oxidation sites excluding steroid dienone is 1. The Balaban J connectivity index is 1.29. The smallest absolute Gasteiger partial charge is 0.255 e. The first-order valence-corrected chi connectivity index (χ1v) is 11.3. The number of nitrogens with zero attached hydrogens (tertiary/aromatic N) is 2. The maximum Gasteiger partial charge on any atom is 0.255 e. The Kier molecular flexibility index (Phi) is 5.05. The van der Waals surface area contributed by atoms with Gasteiger partial charge in [0, 0.05) is 36.9 Å². The van der Waals surface area contributed by atoms with Crippen LogP contribution in [0.4, 0.5) is 0 Å². The molecule has 1 unspecified atom stereocenters. The zero-order valence-corrected chi connectivity index (χ0v) is 17.7. The zero-order valence-electron chi connectivity index (χ0n) is 17.7. The molecular formula is C24H31N3O3. The van der Waals surface area contributed by atoms with Crippen LogP contribution in [0.2, 0.25) is 0 Å². The van der Waals surface area contributed by atoms with Gasteiger partial charge in [-0.1, -0.05) is 19.9 Å². The third-order valence-electron chi connectivity index (χ3n) is 7.12. The van der Waals surface area contributed by atoms with Gasteiger partial charge in [-0.05, 0) is 61.8 Å². The minimum absolute atomic E-state index is 0.0608. The molecule has 3 aliphatic heterocycles. The van der Waals surface area contributed by atoms with Crippen LogP contribution < -0.4 is 10.1 Å². The number of likely N-dealkylation sites (tertiary alicyclic amines) is 1. The van der Waals surface area contributed by atoms with Crippen LogP contribution in [0.1, 0.15) is 61.4 Å². The number of benzene rings is 1. The molecule has 0 bridgehead atoms. The minimum Gasteiger partial charge on any atom is -0.489 e. The lowest BCUT2D eigenvalue weighted by Crippen LogP contribution is -2.57. The number of amides is 2. The largest absolute Gasteiger partial charge is 0.489 e. The third kappa shape index (κ3) is 3.51. The quantitative estimate of drug-likeness (QED) is 0.830. The number of carbonyl (C=O) groups is 2. The van der Waals surface area contributed by atoms with Crippen LogP contribution in [0.3, 0.4) is 0 Å². The van der Waals surface area contributed by atoms with Gasteiger partial charge in [0.15, 0.2) is 0 Å². The first-order chi connectivity index (χ1) is 14.5. The molecule has 6 nitrogen and oxygen atoms in total. The predicted molar refractivity (Wildman–Crippen MR) is 114 cm³/mol. The molecule has 0 spiro atoms. The summed E-state index contributed by atoms with van der Waals surface area (Å²) in [5, 5.41) is 2.79. The van der Waals surface area contributed by atoms with E-state index in [0.29, 0.717) is 31.0 Å². The highest BCUT2D eigenvalue weighted by atomic mass is 16.5. The number of fused-ring (bicyclic) bond motifs is 1. The molecule has 0 radical (unpaired) electrons. The van der Waals surface area contributed by atoms with Gasteiger partial charge in [-0.3, -0.25) is 14.5 Å². The van der Waals surface area contributed by atoms with Gasteiger partial charge in [0.25, 0.3) is 5.91 Å². The van der Waals surface area contributed by atoms with Crippen molar-refractivity contribution >= 4 is 11.8 Å². The highest BCUT2D eigenvalue weighted by Crippen LogP contribution is 2.34. The van der Waals surface area contributed by atoms with E-state index in [0.717, 1.165) is 29.3 Å². The van der Waals surface area contributed by atoms with Gasteiger partial charge in [0.05, 0.1) is 0 Å². The Bertz CT molecular complexity index is 876. The van der Waals surface area contributed by atoms with Crippen LogP contribution in [0, 0.1) is 5.92 Å². The predicted octanol–water partition coefficient (Wildman–Crippen LogP) is 3.08. The average Bonchev–Trinajstić information content (AvgIpc) is 3.02. The van der Waals surface area contributed by atoms with Crippen molar-refractivity contribution in [2.75, 3.05) is 13.1 Å². The number of nitrogens with one attached hydrogen (secondary N) is 1. The maximum absolute atomic E-state index is 12.9. The van der Waals surface area contributed by atoms with E-state index in [1.165, 1.54) is 32.4 Å². The van der Waals surface area contributed by atoms with Gasteiger partial charge in [0.1, 0.15) is 17.9 Å². The van der Waals surface area contributed by atoms with Crippen LogP contribution >= 0.6 is 0 Å². The Morgan fingerprint density at radius 3 is 2.70 bits per heavy atom. The van der Waals surface area contributed by atoms with Crippen LogP contribution in [-0.4, -0.2) is 52.9 Å². The Morgan fingerprint density at radius 1 is 1.13 bits per heavy atom. The van der Waals surface area contributed by atoms with Gasteiger partial charge in [0.2, 0.25) is 5.91 Å². The molecule has 1 aliphatic carbocycles. The summed E-state index contributed by atoms with van der Waals surface area (Å²) in [6, 6.07) is 5.89. The number of rotatable bonds is 4. The molecule has 160 valence electrons. The third-order valence-corrected chi connectivity index (χ3v) is 7.12. The molecule has 2 saturated heterocycles. The van der Waals surface area contributed by atoms with Crippen molar-refractivity contribution in [2.24, 2.45) is 5.92 Å². The highest BCUT2D eigenvalue weighted by molar-refractivity contribution is 6.01. The molecule has 1 N–H and O–H groups in total. The van der Waals surface area contributed by atoms with Crippen LogP contribution in [-0.2, 0) is 11.3 Å². The standard InChI is InChI=1S/C24H31N3O3/c1-15-12-26(13-15)20-5-3-4-6-22(20)30-18-8-9-19-17(11-18)14-27(24(19)29)21-10-7-16(2)25-23(21)28/h8-9,11,15,20-22H,2-7,10,12-14H2,1H3,(H,25,28)/t20-,21?,22+/m0/s1. The highest BCUT2D eigenvalue weighted by Gasteiger charge is 2.39. The van der Waals surface area contributed by atoms with E-state index in [4.69, 9.17) is 4.74 Å². The molecule has 2 amide bonds. The summed E-state index contributed by atoms with van der Waals surface area (Å²) in [4.78, 5) is 29.6. The topological polar surface area (TPSA) is 61.9 Å². The molecule has 5 rings (SSSR count). The minimum atomic E-state index is -0.420. The first-order valence-electron chi connectivity index (χ1n) is 11.3. The van der Waals surface area contributed by atoms with E-state index in [1.54, 1.807) is 4.90 Å². The van der Waals surface area contributed by atoms with E-state index >= 15 is 0 Å². The summed E-state index contributed by atoms with van der Waals surface area (Å²) < 4.78 is 6.47. The Labute approximate surface area is 178 Å². The van der Waals surface area contributed by atoms with Gasteiger partial charge in [-0.15, -0.1) is 0 Å². The fraction of sp³-hybridized carbons (Fsp3) is 0.583. The van der Waals surface area contributed by atoms with Gasteiger partial charge in [-0.2, -0.15) is 0 Å². The van der Waals surface area contributed by atoms with Gasteiger partial charge >= 0.3 is 0 Å². The number of hydrogen-bond acceptors (Lipinski definition) is 4. The lowest BCUT2D eigenvalue weighted by Gasteiger charge is -2.47. The fourth-order valence-corrected chi connectivity index (χ4v) is 5.53. The normalized spacial score (nSPS) is 30.1. The van der Waals surface area contributed by atoms with E-state index in [2.05, 4.69) is 23.7 Å². The van der Waals surface area contributed by atoms with Crippen LogP contribution in [0.5, 0.6) is 5.75 Å². The Hall–Kier alpha value is -2.34. The van der Waals surface area contributed by atoms with Gasteiger partial charge in [-0.25, -0.2) is 0 Å². The molecule has 1 saturated carbocycles. The van der Waals surface area contributed by atoms with E-state index in [-0.39, 0.29) is 17.9 Å². The molecule has 6 heteroatoms. The van der Waals surface area contributed by atoms with Crippen LogP contribution in [0.15, 0.2) is 30.5 Å². The molecule has 3 atom stereocenters. The van der Waals surface area contributed by atoms with Crippen molar-refractivity contribution in [3.05, 3.63) is 41.6 Å². The number of piperidine rings is 1. The summed E-state index contributed by atoms with van der Waals surface area (Å²) in [6.45, 7) is 8.95. The van der Waals surface area contributed by atoms with E-state index < -0.39 is 6.04 Å². The molecule has 3 heterocycles. The second-order valence-corrected chi connectivity index (χ2v) is 9.47. The molecule has 4 aliphatic rings. The number of carbonyl (C=O) groups excluding carboxylic acids is 2. The molecular weight excluding hydrogens is 378 g/mol. The first kappa shape index (κ1) is 19.6. The molecule has 0 aromatic heterocycles. The molecule has 1 aromatic carbocycles. The summed E-state index contributed by atoms with van der Waals surface area (Å²) in [6.07, 6.45) is 6.34. The zero-order chi connectivity index (χ0) is 20.8. The summed E-state index contributed by atoms with van der Waals surface area (Å²) in [5.74, 6) is 1.45. The summed E-state index contributed by atoms with van der Waals surface area (Å²) in [7, 11) is 0. The molecule has 30 heavy (non-hydrogen) atoms. The van der Waals surface area contributed by atoms with Crippen molar-refractivity contribution in [3.63, 3.8) is 0 Å². The van der Waals surface area contributed by atoms with Crippen molar-refractivity contribution in [3.8, 4) is 5.75 Å². The monoisotopic (exact) mass is 409 g/mol. The van der Waals surface area contributed by atoms with E-state index in [9.17, 15) is 9.59 Å². The van der Waals surface area contributed by atoms with Crippen molar-refractivity contribution < 1.29 is 14.3 Å². The van der Waals surface area contributed by atoms with Crippen LogP contribution in [0.25, 0.3) is 0 Å². The van der Waals surface area contributed by atoms with Crippen molar-refractivity contribution in [1.82, 2.24) is 15.1 Å². The van der Waals surface area contributed by atoms with E-state index in [1.807, 2.05) is 18.2 Å². The summed E-state index contributed by atoms with van der Waals surface area (Å²) in [5.41, 5.74) is 2.38. The Morgan fingerprint density at radius 2 is 1.93 bits per heavy atom. The number of hydrogen-bond donors (Lipinski definition) is 1. The molecule has 1 aromatic rings. The van der Waals surface area contributed by atoms with Crippen molar-refractivity contribution in [1.29, 1.82) is 0 Å². The summed E-state index contributed by atoms with van der Waals surface area (Å²) >= 11 is 0. The number of ether oxygens (including phenoxy) is 1. The average molecular weight is 410 g/mol. The second-order valence-electron chi connectivity index (χ2n) is 9.47. The second kappa shape index (κ2) is 7.73. The lowest BCUT2D eigenvalue weighted by molar-refractivity contribution is -0.126. The fourth-order valence-electron chi connectivity index (χ4n) is 5.53.